The van der Waals surface area contributed by atoms with Gasteiger partial charge in [-0.3, -0.25) is 0 Å². The Hall–Kier alpha value is -7.76. The molecule has 14 rings (SSSR count). The summed E-state index contributed by atoms with van der Waals surface area (Å²) in [6.07, 6.45) is 4.51. The Balaban J connectivity index is 1.18. The molecule has 446 valence electrons. The molecule has 0 atom stereocenters. The number of hydrogen-bond acceptors (Lipinski definition) is 4. The van der Waals surface area contributed by atoms with E-state index < -0.39 is 0 Å². The minimum Gasteiger partial charge on any atom is -0.454 e. The summed E-state index contributed by atoms with van der Waals surface area (Å²) in [6, 6.07) is 66.6. The lowest BCUT2D eigenvalue weighted by Crippen LogP contribution is -2.62. The first-order chi connectivity index (χ1) is 41.4. The van der Waals surface area contributed by atoms with Crippen LogP contribution in [0.5, 0.6) is 0 Å². The molecule has 0 amide bonds. The SMILES string of the molecule is Cc1cc(C(C)(C)C)ccc1N1c2cc(C(C)(C)C)ccc2B2c3cc4c(cc3N(c3ccc(C(C)(C)C)cc3-c3ccccc3)c3cc(N(c5ccc6c(c5)C(C)(C)CCC6(C)C)c5cccc6c5oc5ccccc56)cc1c32)C(C)(C)CCC4(C)C. The monoisotopic (exact) mass is 1160 g/mol. The molecule has 0 fully saturated rings. The van der Waals surface area contributed by atoms with Gasteiger partial charge in [-0.2, -0.15) is 0 Å². The zero-order valence-electron chi connectivity index (χ0n) is 55.8. The van der Waals surface area contributed by atoms with Gasteiger partial charge in [0.1, 0.15) is 5.58 Å². The Kier molecular flexibility index (Phi) is 12.9. The molecular weight excluding hydrogens is 1070 g/mol. The maximum atomic E-state index is 7.19. The van der Waals surface area contributed by atoms with E-state index in [9.17, 15) is 0 Å². The highest BCUT2D eigenvalue weighted by Gasteiger charge is 2.48. The highest BCUT2D eigenvalue weighted by Crippen LogP contribution is 2.56. The molecule has 2 aliphatic carbocycles. The van der Waals surface area contributed by atoms with E-state index in [0.717, 1.165) is 64.7 Å². The van der Waals surface area contributed by atoms with Gasteiger partial charge in [0, 0.05) is 50.5 Å². The largest absolute Gasteiger partial charge is 0.454 e. The van der Waals surface area contributed by atoms with Gasteiger partial charge in [-0.15, -0.1) is 0 Å². The van der Waals surface area contributed by atoms with Crippen molar-refractivity contribution >= 4 is 96.2 Å². The summed E-state index contributed by atoms with van der Waals surface area (Å²) in [6.45, 7) is 43.2. The van der Waals surface area contributed by atoms with Gasteiger partial charge in [-0.05, 0) is 204 Å². The van der Waals surface area contributed by atoms with Crippen LogP contribution >= 0.6 is 0 Å². The second-order valence-corrected chi connectivity index (χ2v) is 32.4. The van der Waals surface area contributed by atoms with Crippen LogP contribution in [0.25, 0.3) is 33.1 Å². The van der Waals surface area contributed by atoms with Gasteiger partial charge in [-0.25, -0.2) is 0 Å². The van der Waals surface area contributed by atoms with Crippen molar-refractivity contribution in [3.8, 4) is 11.1 Å². The second kappa shape index (κ2) is 19.6. The van der Waals surface area contributed by atoms with E-state index in [0.29, 0.717) is 0 Å². The third kappa shape index (κ3) is 9.20. The van der Waals surface area contributed by atoms with Crippen LogP contribution in [0.3, 0.4) is 0 Å². The van der Waals surface area contributed by atoms with Gasteiger partial charge < -0.3 is 19.1 Å². The summed E-state index contributed by atoms with van der Waals surface area (Å²) in [5.41, 5.74) is 29.2. The van der Waals surface area contributed by atoms with Crippen molar-refractivity contribution in [1.82, 2.24) is 0 Å². The molecule has 0 unspecified atom stereocenters. The predicted octanol–water partition coefficient (Wildman–Crippen LogP) is 21.7. The molecule has 5 heteroatoms. The molecule has 4 aliphatic rings. The Morgan fingerprint density at radius 3 is 1.57 bits per heavy atom. The number of furan rings is 1. The van der Waals surface area contributed by atoms with Crippen molar-refractivity contribution in [2.45, 2.75) is 188 Å². The van der Waals surface area contributed by atoms with Crippen molar-refractivity contribution in [3.63, 3.8) is 0 Å². The third-order valence-electron chi connectivity index (χ3n) is 21.4. The second-order valence-electron chi connectivity index (χ2n) is 32.4. The van der Waals surface area contributed by atoms with E-state index in [-0.39, 0.29) is 44.6 Å². The molecule has 9 aromatic carbocycles. The summed E-state index contributed by atoms with van der Waals surface area (Å²) in [4.78, 5) is 7.97. The quantitative estimate of drug-likeness (QED) is 0.155. The van der Waals surface area contributed by atoms with Crippen molar-refractivity contribution in [3.05, 3.63) is 214 Å². The van der Waals surface area contributed by atoms with Crippen molar-refractivity contribution in [1.29, 1.82) is 0 Å². The van der Waals surface area contributed by atoms with E-state index >= 15 is 0 Å². The van der Waals surface area contributed by atoms with Crippen LogP contribution in [-0.2, 0) is 37.9 Å². The first-order valence-corrected chi connectivity index (χ1v) is 32.7. The lowest BCUT2D eigenvalue weighted by Gasteiger charge is -2.48. The molecule has 88 heavy (non-hydrogen) atoms. The smallest absolute Gasteiger partial charge is 0.252 e. The minimum absolute atomic E-state index is 0.0242. The summed E-state index contributed by atoms with van der Waals surface area (Å²) in [7, 11) is 0. The van der Waals surface area contributed by atoms with Crippen molar-refractivity contribution in [2.24, 2.45) is 0 Å². The van der Waals surface area contributed by atoms with Crippen LogP contribution in [0.2, 0.25) is 0 Å². The van der Waals surface area contributed by atoms with Gasteiger partial charge in [0.2, 0.25) is 0 Å². The molecule has 10 aromatic rings. The molecule has 0 bridgehead atoms. The topological polar surface area (TPSA) is 22.9 Å². The molecule has 0 saturated heterocycles. The molecule has 3 heterocycles. The van der Waals surface area contributed by atoms with Gasteiger partial charge >= 0.3 is 0 Å². The molecule has 4 nitrogen and oxygen atoms in total. The lowest BCUT2D eigenvalue weighted by molar-refractivity contribution is 0.332. The molecule has 2 aliphatic heterocycles. The summed E-state index contributed by atoms with van der Waals surface area (Å²) < 4.78 is 7.19. The number of anilines is 9. The van der Waals surface area contributed by atoms with Crippen LogP contribution in [0, 0.1) is 6.92 Å². The van der Waals surface area contributed by atoms with E-state index in [1.807, 2.05) is 0 Å². The maximum absolute atomic E-state index is 7.19. The summed E-state index contributed by atoms with van der Waals surface area (Å²) in [5.74, 6) is 0. The van der Waals surface area contributed by atoms with Crippen LogP contribution in [0.15, 0.2) is 174 Å². The highest BCUT2D eigenvalue weighted by molar-refractivity contribution is 7.00. The fourth-order valence-electron chi connectivity index (χ4n) is 15.6. The average Bonchev–Trinajstić information content (AvgIpc) is 0.774. The lowest BCUT2D eigenvalue weighted by atomic mass is 9.33. The highest BCUT2D eigenvalue weighted by atomic mass is 16.3. The maximum Gasteiger partial charge on any atom is 0.252 e. The summed E-state index contributed by atoms with van der Waals surface area (Å²) >= 11 is 0. The molecule has 1 aromatic heterocycles. The third-order valence-corrected chi connectivity index (χ3v) is 21.4. The van der Waals surface area contributed by atoms with Gasteiger partial charge in [0.25, 0.3) is 6.71 Å². The molecule has 0 N–H and O–H groups in total. The number of benzene rings is 9. The predicted molar refractivity (Wildman–Crippen MR) is 379 cm³/mol. The number of para-hydroxylation sites is 2. The summed E-state index contributed by atoms with van der Waals surface area (Å²) in [5, 5.41) is 2.22. The van der Waals surface area contributed by atoms with Gasteiger partial charge in [-0.1, -0.05) is 221 Å². The molecule has 0 radical (unpaired) electrons. The van der Waals surface area contributed by atoms with E-state index in [4.69, 9.17) is 4.42 Å². The molecule has 0 saturated carbocycles. The fourth-order valence-corrected chi connectivity index (χ4v) is 15.6. The number of rotatable bonds is 6. The first kappa shape index (κ1) is 58.0. The zero-order valence-corrected chi connectivity index (χ0v) is 55.8. The molecular formula is C83H90BN3O. The van der Waals surface area contributed by atoms with Crippen LogP contribution < -0.4 is 31.1 Å². The number of nitrogens with zero attached hydrogens (tertiary/aromatic N) is 3. The van der Waals surface area contributed by atoms with Crippen molar-refractivity contribution < 1.29 is 4.42 Å². The van der Waals surface area contributed by atoms with Gasteiger partial charge in [0.15, 0.2) is 5.58 Å². The Morgan fingerprint density at radius 1 is 0.409 bits per heavy atom. The standard InChI is InChI=1S/C83H90BN3O/c1-51-43-53(77(2,3)4)32-37-67(51)86-70-45-55(79(8,9)10)31-36-65(70)84-66-49-63-64(83(17,18)42-41-82(63,15)16)50-71(66)87(68-38-33-54(78(5,6)7)44-60(68)52-25-20-19-21-26-52)73-48-57(47-72(86)75(73)84)85(56-34-35-61-62(46-56)81(13,14)40-39-80(61,11)12)69-29-24-28-59-58-27-22-23-30-74(58)88-76(59)69/h19-38,43-50H,39-42H2,1-18H3. The normalized spacial score (nSPS) is 17.1. The zero-order chi connectivity index (χ0) is 62.2. The van der Waals surface area contributed by atoms with Gasteiger partial charge in [0.05, 0.1) is 17.1 Å². The van der Waals surface area contributed by atoms with E-state index in [1.54, 1.807) is 0 Å². The van der Waals surface area contributed by atoms with E-state index in [2.05, 4.69) is 309 Å². The van der Waals surface area contributed by atoms with Crippen LogP contribution in [0.1, 0.15) is 188 Å². The average molecular weight is 1160 g/mol. The van der Waals surface area contributed by atoms with Crippen LogP contribution in [0.4, 0.5) is 51.2 Å². The number of fused-ring (bicyclic) bond motifs is 9. The van der Waals surface area contributed by atoms with E-state index in [1.165, 1.54) is 106 Å². The first-order valence-electron chi connectivity index (χ1n) is 32.7. The van der Waals surface area contributed by atoms with Crippen LogP contribution in [-0.4, -0.2) is 6.71 Å². The number of aryl methyl sites for hydroxylation is 1. The molecule has 0 spiro atoms. The Morgan fingerprint density at radius 2 is 0.932 bits per heavy atom. The van der Waals surface area contributed by atoms with Crippen molar-refractivity contribution in [2.75, 3.05) is 14.7 Å². The Labute approximate surface area is 526 Å². The Bertz CT molecular complexity index is 4490. The number of hydrogen-bond donors (Lipinski definition) is 0. The fraction of sp³-hybridized carbons (Fsp3) is 0.349. The minimum atomic E-state index is -0.112.